The number of nitrogens with zero attached hydrogens (tertiary/aromatic N) is 1. The highest BCUT2D eigenvalue weighted by Gasteiger charge is 2.17. The quantitative estimate of drug-likeness (QED) is 0.662. The third-order valence-corrected chi connectivity index (χ3v) is 3.44. The van der Waals surface area contributed by atoms with Crippen LogP contribution < -0.4 is 10.5 Å². The van der Waals surface area contributed by atoms with Gasteiger partial charge in [0.25, 0.3) is 5.69 Å². The number of halogens is 1. The van der Waals surface area contributed by atoms with Crippen molar-refractivity contribution in [3.05, 3.63) is 68.2 Å². The summed E-state index contributed by atoms with van der Waals surface area (Å²) in [5.74, 6) is -0.137. The zero-order valence-corrected chi connectivity index (χ0v) is 12.4. The van der Waals surface area contributed by atoms with E-state index in [1.54, 1.807) is 18.2 Å². The summed E-state index contributed by atoms with van der Waals surface area (Å²) in [5.41, 5.74) is 5.37. The van der Waals surface area contributed by atoms with E-state index in [2.05, 4.69) is 15.9 Å². The summed E-state index contributed by atoms with van der Waals surface area (Å²) in [4.78, 5) is 21.6. The first-order valence-corrected chi connectivity index (χ1v) is 6.73. The van der Waals surface area contributed by atoms with Gasteiger partial charge in [-0.05, 0) is 40.2 Å². The number of carbonyl (C=O) groups is 1. The Morgan fingerprint density at radius 1 is 1.29 bits per heavy atom. The number of nitro benzene ring substituents is 1. The highest BCUT2D eigenvalue weighted by atomic mass is 79.9. The first kappa shape index (κ1) is 15.0. The van der Waals surface area contributed by atoms with E-state index in [9.17, 15) is 14.9 Å². The topological polar surface area (TPSA) is 95.5 Å². The third kappa shape index (κ3) is 3.57. The minimum absolute atomic E-state index is 0.0119. The predicted octanol–water partition coefficient (Wildman–Crippen LogP) is 3.04. The SMILES string of the molecule is NC(=O)c1ccc(COc2ccccc2Br)c([N+](=O)[O-])c1. The molecule has 7 heteroatoms. The van der Waals surface area contributed by atoms with E-state index in [4.69, 9.17) is 10.5 Å². The number of nitrogens with two attached hydrogens (primary N) is 1. The van der Waals surface area contributed by atoms with Crippen LogP contribution in [-0.4, -0.2) is 10.8 Å². The molecule has 0 saturated heterocycles. The van der Waals surface area contributed by atoms with Crippen LogP contribution in [0.5, 0.6) is 5.75 Å². The van der Waals surface area contributed by atoms with Crippen molar-refractivity contribution in [2.45, 2.75) is 6.61 Å². The van der Waals surface area contributed by atoms with Crippen LogP contribution in [0.3, 0.4) is 0 Å². The monoisotopic (exact) mass is 350 g/mol. The zero-order valence-electron chi connectivity index (χ0n) is 10.8. The van der Waals surface area contributed by atoms with Gasteiger partial charge in [0, 0.05) is 11.6 Å². The first-order valence-electron chi connectivity index (χ1n) is 5.93. The molecule has 0 atom stereocenters. The van der Waals surface area contributed by atoms with Crippen molar-refractivity contribution < 1.29 is 14.5 Å². The Labute approximate surface area is 128 Å². The van der Waals surface area contributed by atoms with Gasteiger partial charge in [-0.25, -0.2) is 0 Å². The van der Waals surface area contributed by atoms with Gasteiger partial charge in [0.2, 0.25) is 5.91 Å². The fourth-order valence-electron chi connectivity index (χ4n) is 1.73. The standard InChI is InChI=1S/C14H11BrN2O4/c15-11-3-1-2-4-13(11)21-8-10-6-5-9(14(16)18)7-12(10)17(19)20/h1-7H,8H2,(H2,16,18). The van der Waals surface area contributed by atoms with Crippen LogP contribution in [0.4, 0.5) is 5.69 Å². The molecular weight excluding hydrogens is 340 g/mol. The number of nitro groups is 1. The van der Waals surface area contributed by atoms with Gasteiger partial charge in [0.15, 0.2) is 0 Å². The average Bonchev–Trinajstić information content (AvgIpc) is 2.46. The summed E-state index contributed by atoms with van der Waals surface area (Å²) in [6.45, 7) is 0.0119. The molecule has 0 unspecified atom stereocenters. The molecule has 0 aliphatic rings. The van der Waals surface area contributed by atoms with Crippen LogP contribution in [0.15, 0.2) is 46.9 Å². The lowest BCUT2D eigenvalue weighted by Crippen LogP contribution is -2.12. The van der Waals surface area contributed by atoms with E-state index in [0.717, 1.165) is 10.5 Å². The number of para-hydroxylation sites is 1. The molecular formula is C14H11BrN2O4. The molecule has 0 aromatic heterocycles. The molecule has 0 aliphatic carbocycles. The lowest BCUT2D eigenvalue weighted by Gasteiger charge is -2.09. The smallest absolute Gasteiger partial charge is 0.276 e. The van der Waals surface area contributed by atoms with Gasteiger partial charge in [0.05, 0.1) is 15.0 Å². The minimum Gasteiger partial charge on any atom is -0.487 e. The number of rotatable bonds is 5. The molecule has 0 radical (unpaired) electrons. The maximum Gasteiger partial charge on any atom is 0.276 e. The van der Waals surface area contributed by atoms with Crippen LogP contribution in [-0.2, 0) is 6.61 Å². The van der Waals surface area contributed by atoms with Gasteiger partial charge in [-0.1, -0.05) is 12.1 Å². The Morgan fingerprint density at radius 3 is 2.62 bits per heavy atom. The summed E-state index contributed by atoms with van der Waals surface area (Å²) in [6, 6.07) is 11.2. The van der Waals surface area contributed by atoms with Gasteiger partial charge >= 0.3 is 0 Å². The average molecular weight is 351 g/mol. The summed E-state index contributed by atoms with van der Waals surface area (Å²) < 4.78 is 6.30. The number of benzene rings is 2. The molecule has 0 fully saturated rings. The lowest BCUT2D eigenvalue weighted by atomic mass is 10.1. The van der Waals surface area contributed by atoms with Crippen molar-refractivity contribution in [2.24, 2.45) is 5.73 Å². The Balaban J connectivity index is 2.26. The second-order valence-electron chi connectivity index (χ2n) is 4.18. The van der Waals surface area contributed by atoms with Crippen molar-refractivity contribution in [1.82, 2.24) is 0 Å². The lowest BCUT2D eigenvalue weighted by molar-refractivity contribution is -0.385. The van der Waals surface area contributed by atoms with E-state index in [0.29, 0.717) is 11.3 Å². The number of primary amides is 1. The molecule has 0 heterocycles. The van der Waals surface area contributed by atoms with Gasteiger partial charge < -0.3 is 10.5 Å². The number of ether oxygens (including phenoxy) is 1. The van der Waals surface area contributed by atoms with Crippen molar-refractivity contribution >= 4 is 27.5 Å². The number of amides is 1. The number of carbonyl (C=O) groups excluding carboxylic acids is 1. The summed E-state index contributed by atoms with van der Waals surface area (Å²) in [6.07, 6.45) is 0. The van der Waals surface area contributed by atoms with Gasteiger partial charge in [-0.15, -0.1) is 0 Å². The van der Waals surface area contributed by atoms with Crippen LogP contribution in [0.1, 0.15) is 15.9 Å². The first-order chi connectivity index (χ1) is 9.99. The number of hydrogen-bond acceptors (Lipinski definition) is 4. The fourth-order valence-corrected chi connectivity index (χ4v) is 2.13. The third-order valence-electron chi connectivity index (χ3n) is 2.79. The Kier molecular flexibility index (Phi) is 4.54. The zero-order chi connectivity index (χ0) is 15.4. The molecule has 108 valence electrons. The molecule has 0 spiro atoms. The molecule has 21 heavy (non-hydrogen) atoms. The molecule has 0 saturated carbocycles. The van der Waals surface area contributed by atoms with Crippen molar-refractivity contribution in [1.29, 1.82) is 0 Å². The second-order valence-corrected chi connectivity index (χ2v) is 5.04. The van der Waals surface area contributed by atoms with Crippen molar-refractivity contribution in [2.75, 3.05) is 0 Å². The van der Waals surface area contributed by atoms with Crippen molar-refractivity contribution in [3.63, 3.8) is 0 Å². The maximum atomic E-state index is 11.1. The van der Waals surface area contributed by atoms with E-state index >= 15 is 0 Å². The van der Waals surface area contributed by atoms with E-state index in [1.165, 1.54) is 12.1 Å². The molecule has 0 aliphatic heterocycles. The summed E-state index contributed by atoms with van der Waals surface area (Å²) in [7, 11) is 0. The predicted molar refractivity (Wildman–Crippen MR) is 80.1 cm³/mol. The molecule has 2 N–H and O–H groups in total. The molecule has 6 nitrogen and oxygen atoms in total. The molecule has 2 aromatic carbocycles. The van der Waals surface area contributed by atoms with Gasteiger partial charge in [0.1, 0.15) is 12.4 Å². The van der Waals surface area contributed by atoms with Crippen LogP contribution in [0.25, 0.3) is 0 Å². The molecule has 1 amide bonds. The van der Waals surface area contributed by atoms with Crippen LogP contribution in [0, 0.1) is 10.1 Å². The van der Waals surface area contributed by atoms with Crippen molar-refractivity contribution in [3.8, 4) is 5.75 Å². The molecule has 0 bridgehead atoms. The minimum atomic E-state index is -0.712. The van der Waals surface area contributed by atoms with E-state index < -0.39 is 10.8 Å². The fraction of sp³-hybridized carbons (Fsp3) is 0.0714. The normalized spacial score (nSPS) is 10.1. The largest absolute Gasteiger partial charge is 0.487 e. The van der Waals surface area contributed by atoms with Crippen LogP contribution in [0.2, 0.25) is 0 Å². The maximum absolute atomic E-state index is 11.1. The number of hydrogen-bond donors (Lipinski definition) is 1. The van der Waals surface area contributed by atoms with Gasteiger partial charge in [-0.2, -0.15) is 0 Å². The Bertz CT molecular complexity index is 703. The highest BCUT2D eigenvalue weighted by Crippen LogP contribution is 2.27. The molecule has 2 aromatic rings. The second kappa shape index (κ2) is 6.36. The van der Waals surface area contributed by atoms with Gasteiger partial charge in [-0.3, -0.25) is 14.9 Å². The molecule has 2 rings (SSSR count). The Morgan fingerprint density at radius 2 is 2.00 bits per heavy atom. The van der Waals surface area contributed by atoms with Crippen LogP contribution >= 0.6 is 15.9 Å². The van der Waals surface area contributed by atoms with E-state index in [1.807, 2.05) is 6.07 Å². The highest BCUT2D eigenvalue weighted by molar-refractivity contribution is 9.10. The summed E-state index contributed by atoms with van der Waals surface area (Å²) in [5, 5.41) is 11.1. The Hall–Kier alpha value is -2.41. The van der Waals surface area contributed by atoms with E-state index in [-0.39, 0.29) is 17.9 Å². The summed E-state index contributed by atoms with van der Waals surface area (Å²) >= 11 is 3.33.